The van der Waals surface area contributed by atoms with E-state index in [4.69, 9.17) is 0 Å². The van der Waals surface area contributed by atoms with E-state index in [1.54, 1.807) is 0 Å². The lowest BCUT2D eigenvalue weighted by molar-refractivity contribution is 0.646. The molecule has 3 rings (SSSR count). The van der Waals surface area contributed by atoms with Gasteiger partial charge >= 0.3 is 0 Å². The summed E-state index contributed by atoms with van der Waals surface area (Å²) in [6, 6.07) is 12.7. The lowest BCUT2D eigenvalue weighted by Gasteiger charge is -2.36. The Morgan fingerprint density at radius 2 is 1.70 bits per heavy atom. The number of benzene rings is 1. The number of piperazine rings is 1. The summed E-state index contributed by atoms with van der Waals surface area (Å²) in [4.78, 5) is 13.9. The van der Waals surface area contributed by atoms with Gasteiger partial charge in [-0.25, -0.2) is 9.97 Å². The molecule has 0 saturated carbocycles. The van der Waals surface area contributed by atoms with Crippen molar-refractivity contribution in [3.05, 3.63) is 42.2 Å². The van der Waals surface area contributed by atoms with Crippen molar-refractivity contribution in [3.8, 4) is 0 Å². The molecule has 0 atom stereocenters. The first-order valence-electron chi connectivity index (χ1n) is 8.41. The highest BCUT2D eigenvalue weighted by Crippen LogP contribution is 2.20. The first kappa shape index (κ1) is 15.6. The van der Waals surface area contributed by atoms with E-state index in [1.165, 1.54) is 5.69 Å². The summed E-state index contributed by atoms with van der Waals surface area (Å²) in [6.45, 7) is 9.07. The quantitative estimate of drug-likeness (QED) is 0.920. The van der Waals surface area contributed by atoms with E-state index in [0.717, 1.165) is 56.6 Å². The molecule has 0 amide bonds. The average Bonchev–Trinajstić information content (AvgIpc) is 2.60. The summed E-state index contributed by atoms with van der Waals surface area (Å²) in [5, 5.41) is 3.36. The van der Waals surface area contributed by atoms with Crippen LogP contribution in [0.5, 0.6) is 0 Å². The third-order valence-electron chi connectivity index (χ3n) is 4.11. The molecule has 1 N–H and O–H groups in total. The number of aromatic nitrogens is 2. The molecule has 1 aliphatic rings. The number of rotatable bonds is 5. The maximum atomic E-state index is 4.62. The fraction of sp³-hybridized carbons (Fsp3) is 0.444. The van der Waals surface area contributed by atoms with Crippen LogP contribution in [0.1, 0.15) is 19.2 Å². The highest BCUT2D eigenvalue weighted by Gasteiger charge is 2.19. The van der Waals surface area contributed by atoms with Gasteiger partial charge in [0.1, 0.15) is 17.5 Å². The molecular formula is C18H25N5. The number of nitrogens with one attached hydrogen (secondary N) is 1. The molecule has 1 aromatic heterocycles. The molecule has 5 nitrogen and oxygen atoms in total. The molecule has 122 valence electrons. The molecule has 5 heteroatoms. The van der Waals surface area contributed by atoms with Crippen molar-refractivity contribution in [1.29, 1.82) is 0 Å². The molecule has 2 heterocycles. The van der Waals surface area contributed by atoms with Crippen molar-refractivity contribution in [2.75, 3.05) is 47.8 Å². The fourth-order valence-corrected chi connectivity index (χ4v) is 2.89. The van der Waals surface area contributed by atoms with Gasteiger partial charge in [-0.05, 0) is 25.5 Å². The van der Waals surface area contributed by atoms with E-state index in [9.17, 15) is 0 Å². The zero-order valence-corrected chi connectivity index (χ0v) is 14.0. The van der Waals surface area contributed by atoms with Crippen LogP contribution in [0.3, 0.4) is 0 Å². The Balaban J connectivity index is 1.66. The summed E-state index contributed by atoms with van der Waals surface area (Å²) in [5.41, 5.74) is 1.30. The van der Waals surface area contributed by atoms with Crippen molar-refractivity contribution in [2.24, 2.45) is 0 Å². The topological polar surface area (TPSA) is 44.3 Å². The molecule has 0 spiro atoms. The number of anilines is 3. The minimum Gasteiger partial charge on any atom is -0.370 e. The molecule has 23 heavy (non-hydrogen) atoms. The van der Waals surface area contributed by atoms with Crippen LogP contribution in [0.15, 0.2) is 36.4 Å². The monoisotopic (exact) mass is 311 g/mol. The Hall–Kier alpha value is -2.30. The second-order valence-corrected chi connectivity index (χ2v) is 5.90. The van der Waals surface area contributed by atoms with Crippen LogP contribution in [-0.2, 0) is 0 Å². The zero-order chi connectivity index (χ0) is 16.1. The van der Waals surface area contributed by atoms with Crippen LogP contribution in [0.2, 0.25) is 0 Å². The van der Waals surface area contributed by atoms with Gasteiger partial charge in [0, 0.05) is 44.5 Å². The largest absolute Gasteiger partial charge is 0.370 e. The predicted octanol–water partition coefficient (Wildman–Crippen LogP) is 2.93. The lowest BCUT2D eigenvalue weighted by atomic mass is 10.2. The third-order valence-corrected chi connectivity index (χ3v) is 4.11. The second kappa shape index (κ2) is 7.31. The highest BCUT2D eigenvalue weighted by molar-refractivity contribution is 5.52. The van der Waals surface area contributed by atoms with Crippen LogP contribution in [-0.4, -0.2) is 42.7 Å². The van der Waals surface area contributed by atoms with Crippen molar-refractivity contribution >= 4 is 17.3 Å². The molecule has 0 radical (unpaired) electrons. The lowest BCUT2D eigenvalue weighted by Crippen LogP contribution is -2.46. The summed E-state index contributed by atoms with van der Waals surface area (Å²) in [6.07, 6.45) is 1.09. The van der Waals surface area contributed by atoms with Crippen LogP contribution in [0, 0.1) is 6.92 Å². The van der Waals surface area contributed by atoms with Gasteiger partial charge in [-0.1, -0.05) is 25.1 Å². The Kier molecular flexibility index (Phi) is 4.95. The molecular weight excluding hydrogens is 286 g/mol. The van der Waals surface area contributed by atoms with Gasteiger partial charge in [0.15, 0.2) is 0 Å². The van der Waals surface area contributed by atoms with Crippen molar-refractivity contribution in [3.63, 3.8) is 0 Å². The van der Waals surface area contributed by atoms with E-state index < -0.39 is 0 Å². The fourth-order valence-electron chi connectivity index (χ4n) is 2.89. The van der Waals surface area contributed by atoms with E-state index in [-0.39, 0.29) is 0 Å². The van der Waals surface area contributed by atoms with Gasteiger partial charge in [0.2, 0.25) is 0 Å². The van der Waals surface area contributed by atoms with Gasteiger partial charge in [-0.15, -0.1) is 0 Å². The standard InChI is InChI=1S/C18H25N5/c1-3-9-19-17-14-18(21-15(2)20-17)23-12-10-22(11-13-23)16-7-5-4-6-8-16/h4-8,14H,3,9-13H2,1-2H3,(H,19,20,21). The van der Waals surface area contributed by atoms with Gasteiger partial charge in [0.05, 0.1) is 0 Å². The Labute approximate surface area is 138 Å². The summed E-state index contributed by atoms with van der Waals surface area (Å²) in [5.74, 6) is 2.79. The van der Waals surface area contributed by atoms with Gasteiger partial charge in [0.25, 0.3) is 0 Å². The van der Waals surface area contributed by atoms with Crippen LogP contribution in [0.4, 0.5) is 17.3 Å². The molecule has 2 aromatic rings. The normalized spacial score (nSPS) is 14.9. The number of nitrogens with zero attached hydrogens (tertiary/aromatic N) is 4. The van der Waals surface area contributed by atoms with Gasteiger partial charge in [-0.3, -0.25) is 0 Å². The average molecular weight is 311 g/mol. The van der Waals surface area contributed by atoms with Crippen molar-refractivity contribution in [2.45, 2.75) is 20.3 Å². The maximum absolute atomic E-state index is 4.62. The molecule has 1 aliphatic heterocycles. The Bertz CT molecular complexity index is 621. The SMILES string of the molecule is CCCNc1cc(N2CCN(c3ccccc3)CC2)nc(C)n1. The minimum atomic E-state index is 0.826. The summed E-state index contributed by atoms with van der Waals surface area (Å²) < 4.78 is 0. The molecule has 1 saturated heterocycles. The highest BCUT2D eigenvalue weighted by atomic mass is 15.3. The number of para-hydroxylation sites is 1. The van der Waals surface area contributed by atoms with E-state index >= 15 is 0 Å². The maximum Gasteiger partial charge on any atom is 0.134 e. The van der Waals surface area contributed by atoms with E-state index in [0.29, 0.717) is 0 Å². The Morgan fingerprint density at radius 3 is 2.39 bits per heavy atom. The van der Waals surface area contributed by atoms with Crippen LogP contribution < -0.4 is 15.1 Å². The first-order chi connectivity index (χ1) is 11.3. The zero-order valence-electron chi connectivity index (χ0n) is 14.0. The van der Waals surface area contributed by atoms with Crippen molar-refractivity contribution < 1.29 is 0 Å². The first-order valence-corrected chi connectivity index (χ1v) is 8.41. The number of hydrogen-bond donors (Lipinski definition) is 1. The van der Waals surface area contributed by atoms with E-state index in [1.807, 2.05) is 6.92 Å². The van der Waals surface area contributed by atoms with Crippen LogP contribution in [0.25, 0.3) is 0 Å². The molecule has 0 bridgehead atoms. The van der Waals surface area contributed by atoms with Crippen molar-refractivity contribution in [1.82, 2.24) is 9.97 Å². The van der Waals surface area contributed by atoms with Gasteiger partial charge < -0.3 is 15.1 Å². The minimum absolute atomic E-state index is 0.826. The Morgan fingerprint density at radius 1 is 1.00 bits per heavy atom. The molecule has 1 fully saturated rings. The predicted molar refractivity (Wildman–Crippen MR) is 96.4 cm³/mol. The molecule has 1 aromatic carbocycles. The third kappa shape index (κ3) is 3.92. The second-order valence-electron chi connectivity index (χ2n) is 5.90. The summed E-state index contributed by atoms with van der Waals surface area (Å²) >= 11 is 0. The number of hydrogen-bond acceptors (Lipinski definition) is 5. The van der Waals surface area contributed by atoms with E-state index in [2.05, 4.69) is 68.4 Å². The summed E-state index contributed by atoms with van der Waals surface area (Å²) in [7, 11) is 0. The van der Waals surface area contributed by atoms with Gasteiger partial charge in [-0.2, -0.15) is 0 Å². The molecule has 0 aliphatic carbocycles. The van der Waals surface area contributed by atoms with Crippen LogP contribution >= 0.6 is 0 Å². The molecule has 0 unspecified atom stereocenters. The smallest absolute Gasteiger partial charge is 0.134 e. The number of aryl methyl sites for hydroxylation is 1.